The molecule has 5 rings (SSSR count). The highest BCUT2D eigenvalue weighted by Gasteiger charge is 2.22. The van der Waals surface area contributed by atoms with E-state index in [9.17, 15) is 4.79 Å². The summed E-state index contributed by atoms with van der Waals surface area (Å²) in [5, 5.41) is 1.14. The largest absolute Gasteiger partial charge is 0.305 e. The summed E-state index contributed by atoms with van der Waals surface area (Å²) in [6.45, 7) is 2.99. The zero-order chi connectivity index (χ0) is 20.3. The lowest BCUT2D eigenvalue weighted by Crippen LogP contribution is -2.37. The molecule has 0 bridgehead atoms. The Balaban J connectivity index is 1.26. The van der Waals surface area contributed by atoms with Gasteiger partial charge in [0.1, 0.15) is 0 Å². The molecule has 1 aromatic heterocycles. The van der Waals surface area contributed by atoms with Gasteiger partial charge in [0.2, 0.25) is 0 Å². The van der Waals surface area contributed by atoms with Crippen LogP contribution in [0, 0.1) is 0 Å². The van der Waals surface area contributed by atoms with Gasteiger partial charge in [-0.1, -0.05) is 72.8 Å². The van der Waals surface area contributed by atoms with Crippen LogP contribution in [-0.4, -0.2) is 22.6 Å². The highest BCUT2D eigenvalue weighted by molar-refractivity contribution is 5.78. The number of fused-ring (bicyclic) bond motifs is 1. The van der Waals surface area contributed by atoms with E-state index < -0.39 is 0 Å². The Labute approximate surface area is 177 Å². The van der Waals surface area contributed by atoms with Crippen LogP contribution in [0.15, 0.2) is 95.8 Å². The fraction of sp³-hybridized carbons (Fsp3) is 0.222. The summed E-state index contributed by atoms with van der Waals surface area (Å²) in [4.78, 5) is 15.1. The van der Waals surface area contributed by atoms with Gasteiger partial charge < -0.3 is 4.57 Å². The molecule has 1 aliphatic heterocycles. The van der Waals surface area contributed by atoms with Gasteiger partial charge in [-0.25, -0.2) is 0 Å². The van der Waals surface area contributed by atoms with E-state index in [0.717, 1.165) is 43.4 Å². The van der Waals surface area contributed by atoms with Crippen LogP contribution in [0.5, 0.6) is 0 Å². The lowest BCUT2D eigenvalue weighted by Gasteiger charge is -2.33. The van der Waals surface area contributed by atoms with Crippen molar-refractivity contribution in [3.63, 3.8) is 0 Å². The Morgan fingerprint density at radius 1 is 0.700 bits per heavy atom. The first-order valence-corrected chi connectivity index (χ1v) is 10.7. The number of piperidine rings is 1. The first-order valence-electron chi connectivity index (χ1n) is 10.7. The molecule has 3 heteroatoms. The minimum absolute atomic E-state index is 0.114. The van der Waals surface area contributed by atoms with Gasteiger partial charge >= 0.3 is 0 Å². The van der Waals surface area contributed by atoms with Crippen LogP contribution in [0.2, 0.25) is 0 Å². The molecule has 0 radical (unpaired) electrons. The molecular formula is C27H26N2O. The minimum Gasteiger partial charge on any atom is -0.305 e. The lowest BCUT2D eigenvalue weighted by molar-refractivity contribution is 0.180. The van der Waals surface area contributed by atoms with Crippen molar-refractivity contribution in [2.75, 3.05) is 13.1 Å². The Morgan fingerprint density at radius 3 is 2.13 bits per heavy atom. The van der Waals surface area contributed by atoms with E-state index >= 15 is 0 Å². The molecule has 0 atom stereocenters. The van der Waals surface area contributed by atoms with Crippen LogP contribution >= 0.6 is 0 Å². The third-order valence-electron chi connectivity index (χ3n) is 6.23. The SMILES string of the molecule is O=c1ccc2ccccc2n1C1CCN(Cc2ccc(-c3ccccc3)cc2)CC1. The normalized spacial score (nSPS) is 15.5. The average molecular weight is 395 g/mol. The summed E-state index contributed by atoms with van der Waals surface area (Å²) < 4.78 is 2.02. The summed E-state index contributed by atoms with van der Waals surface area (Å²) in [5.74, 6) is 0. The molecule has 150 valence electrons. The number of para-hydroxylation sites is 1. The van der Waals surface area contributed by atoms with Gasteiger partial charge in [0.25, 0.3) is 5.56 Å². The maximum atomic E-state index is 12.6. The van der Waals surface area contributed by atoms with Crippen molar-refractivity contribution in [2.45, 2.75) is 25.4 Å². The fourth-order valence-electron chi connectivity index (χ4n) is 4.61. The van der Waals surface area contributed by atoms with Gasteiger partial charge in [-0.2, -0.15) is 0 Å². The fourth-order valence-corrected chi connectivity index (χ4v) is 4.61. The second-order valence-electron chi connectivity index (χ2n) is 8.17. The van der Waals surface area contributed by atoms with Crippen LogP contribution in [0.25, 0.3) is 22.0 Å². The summed E-state index contributed by atoms with van der Waals surface area (Å²) in [5.41, 5.74) is 5.03. The van der Waals surface area contributed by atoms with Crippen LogP contribution in [-0.2, 0) is 6.54 Å². The molecule has 0 saturated carbocycles. The number of rotatable bonds is 4. The van der Waals surface area contributed by atoms with Crippen LogP contribution in [0.3, 0.4) is 0 Å². The van der Waals surface area contributed by atoms with Gasteiger partial charge in [0, 0.05) is 31.7 Å². The van der Waals surface area contributed by atoms with Crippen molar-refractivity contribution in [1.29, 1.82) is 0 Å². The quantitative estimate of drug-likeness (QED) is 0.456. The highest BCUT2D eigenvalue weighted by atomic mass is 16.1. The number of hydrogen-bond acceptors (Lipinski definition) is 2. The first kappa shape index (κ1) is 18.8. The molecule has 0 aliphatic carbocycles. The van der Waals surface area contributed by atoms with Crippen LogP contribution in [0.4, 0.5) is 0 Å². The number of pyridine rings is 1. The monoisotopic (exact) mass is 394 g/mol. The van der Waals surface area contributed by atoms with Crippen LogP contribution in [0.1, 0.15) is 24.4 Å². The molecule has 0 unspecified atom stereocenters. The maximum absolute atomic E-state index is 12.6. The molecule has 0 amide bonds. The Bertz CT molecular complexity index is 1190. The zero-order valence-corrected chi connectivity index (χ0v) is 17.1. The van der Waals surface area contributed by atoms with E-state index in [2.05, 4.69) is 65.6 Å². The number of nitrogens with zero attached hydrogens (tertiary/aromatic N) is 2. The summed E-state index contributed by atoms with van der Waals surface area (Å²) in [7, 11) is 0. The molecule has 3 nitrogen and oxygen atoms in total. The Kier molecular flexibility index (Phi) is 5.20. The van der Waals surface area contributed by atoms with E-state index in [1.807, 2.05) is 28.8 Å². The summed E-state index contributed by atoms with van der Waals surface area (Å²) in [6, 6.07) is 31.5. The van der Waals surface area contributed by atoms with Crippen molar-refractivity contribution < 1.29 is 0 Å². The number of hydrogen-bond donors (Lipinski definition) is 0. The molecule has 0 N–H and O–H groups in total. The smallest absolute Gasteiger partial charge is 0.251 e. The molecule has 1 fully saturated rings. The van der Waals surface area contributed by atoms with Gasteiger partial charge in [-0.05, 0) is 47.1 Å². The lowest BCUT2D eigenvalue weighted by atomic mass is 10.0. The highest BCUT2D eigenvalue weighted by Crippen LogP contribution is 2.26. The third kappa shape index (κ3) is 3.81. The van der Waals surface area contributed by atoms with Crippen molar-refractivity contribution in [1.82, 2.24) is 9.47 Å². The minimum atomic E-state index is 0.114. The van der Waals surface area contributed by atoms with Crippen molar-refractivity contribution in [3.8, 4) is 11.1 Å². The Hall–Kier alpha value is -3.17. The van der Waals surface area contributed by atoms with Gasteiger partial charge in [-0.15, -0.1) is 0 Å². The van der Waals surface area contributed by atoms with E-state index in [1.165, 1.54) is 16.7 Å². The standard InChI is InChI=1S/C27H26N2O/c30-27-15-14-24-8-4-5-9-26(24)29(27)25-16-18-28(19-17-25)20-21-10-12-23(13-11-21)22-6-2-1-3-7-22/h1-15,25H,16-20H2. The Morgan fingerprint density at radius 2 is 1.37 bits per heavy atom. The summed E-state index contributed by atoms with van der Waals surface area (Å²) >= 11 is 0. The molecule has 1 saturated heterocycles. The van der Waals surface area contributed by atoms with Gasteiger partial charge in [-0.3, -0.25) is 9.69 Å². The second kappa shape index (κ2) is 8.29. The predicted molar refractivity (Wildman–Crippen MR) is 124 cm³/mol. The van der Waals surface area contributed by atoms with Crippen LogP contribution < -0.4 is 5.56 Å². The number of likely N-dealkylation sites (tertiary alicyclic amines) is 1. The first-order chi connectivity index (χ1) is 14.8. The average Bonchev–Trinajstić information content (AvgIpc) is 2.81. The maximum Gasteiger partial charge on any atom is 0.251 e. The topological polar surface area (TPSA) is 25.2 Å². The van der Waals surface area contributed by atoms with Crippen molar-refractivity contribution in [3.05, 3.63) is 107 Å². The van der Waals surface area contributed by atoms with Gasteiger partial charge in [0.05, 0.1) is 5.52 Å². The zero-order valence-electron chi connectivity index (χ0n) is 17.1. The number of aromatic nitrogens is 1. The van der Waals surface area contributed by atoms with E-state index in [4.69, 9.17) is 0 Å². The molecule has 30 heavy (non-hydrogen) atoms. The van der Waals surface area contributed by atoms with E-state index in [0.29, 0.717) is 0 Å². The molecule has 3 aromatic carbocycles. The van der Waals surface area contributed by atoms with E-state index in [-0.39, 0.29) is 11.6 Å². The molecule has 2 heterocycles. The van der Waals surface area contributed by atoms with Crippen molar-refractivity contribution in [2.24, 2.45) is 0 Å². The predicted octanol–water partition coefficient (Wildman–Crippen LogP) is 5.51. The second-order valence-corrected chi connectivity index (χ2v) is 8.17. The third-order valence-corrected chi connectivity index (χ3v) is 6.23. The molecule has 4 aromatic rings. The van der Waals surface area contributed by atoms with Gasteiger partial charge in [0.15, 0.2) is 0 Å². The van der Waals surface area contributed by atoms with Crippen molar-refractivity contribution >= 4 is 10.9 Å². The number of benzene rings is 3. The summed E-state index contributed by atoms with van der Waals surface area (Å²) in [6.07, 6.45) is 2.02. The molecule has 1 aliphatic rings. The van der Waals surface area contributed by atoms with E-state index in [1.54, 1.807) is 6.07 Å². The molecular weight excluding hydrogens is 368 g/mol. The molecule has 0 spiro atoms.